The van der Waals surface area contributed by atoms with Crippen LogP contribution in [0.25, 0.3) is 6.08 Å². The monoisotopic (exact) mass is 374 g/mol. The Morgan fingerprint density at radius 3 is 2.80 bits per heavy atom. The third-order valence-electron chi connectivity index (χ3n) is 3.15. The van der Waals surface area contributed by atoms with Crippen molar-refractivity contribution in [3.8, 4) is 11.5 Å². The molecule has 2 aromatic rings. The normalized spacial score (nSPS) is 15.3. The largest absolute Gasteiger partial charge is 0.490 e. The highest BCUT2D eigenvalue weighted by atomic mass is 32.2. The van der Waals surface area contributed by atoms with Gasteiger partial charge in [0.2, 0.25) is 0 Å². The summed E-state index contributed by atoms with van der Waals surface area (Å²) in [4.78, 5) is 24.8. The van der Waals surface area contributed by atoms with Gasteiger partial charge >= 0.3 is 5.97 Å². The summed E-state index contributed by atoms with van der Waals surface area (Å²) in [5.41, 5.74) is 0.715. The fraction of sp³-hybridized carbons (Fsp3) is 0.118. The molecular weight excluding hydrogens is 360 g/mol. The molecule has 0 atom stereocenters. The molecule has 1 aliphatic rings. The van der Waals surface area contributed by atoms with Crippen molar-refractivity contribution < 1.29 is 19.1 Å². The number of rotatable bonds is 5. The molecule has 25 heavy (non-hydrogen) atoms. The zero-order valence-corrected chi connectivity index (χ0v) is 14.8. The lowest BCUT2D eigenvalue weighted by Crippen LogP contribution is -2.18. The van der Waals surface area contributed by atoms with E-state index in [4.69, 9.17) is 14.9 Å². The van der Waals surface area contributed by atoms with Crippen molar-refractivity contribution in [2.45, 2.75) is 6.92 Å². The minimum Gasteiger partial charge on any atom is -0.490 e. The lowest BCUT2D eigenvalue weighted by atomic mass is 10.2. The average Bonchev–Trinajstić information content (AvgIpc) is 3.20. The number of carbonyl (C=O) groups is 2. The first-order valence-corrected chi connectivity index (χ1v) is 9.08. The first-order valence-electron chi connectivity index (χ1n) is 7.39. The fourth-order valence-corrected chi connectivity index (χ4v) is 3.41. The van der Waals surface area contributed by atoms with E-state index in [2.05, 4.69) is 5.32 Å². The van der Waals surface area contributed by atoms with Crippen LogP contribution in [0.5, 0.6) is 11.5 Å². The Balaban J connectivity index is 1.85. The van der Waals surface area contributed by atoms with Crippen molar-refractivity contribution >= 4 is 46.2 Å². The van der Waals surface area contributed by atoms with E-state index < -0.39 is 5.97 Å². The molecule has 6 nitrogen and oxygen atoms in total. The first-order chi connectivity index (χ1) is 12.1. The number of thiophene rings is 1. The molecular formula is C17H14N2O4S2. The predicted octanol–water partition coefficient (Wildman–Crippen LogP) is 3.50. The molecule has 1 amide bonds. The van der Waals surface area contributed by atoms with Crippen LogP contribution in [-0.4, -0.2) is 23.7 Å². The molecule has 0 radical (unpaired) electrons. The van der Waals surface area contributed by atoms with E-state index >= 15 is 0 Å². The number of amidine groups is 1. The smallest absolute Gasteiger partial charge is 0.353 e. The fourth-order valence-electron chi connectivity index (χ4n) is 2.10. The molecule has 2 N–H and O–H groups in total. The van der Waals surface area contributed by atoms with Gasteiger partial charge in [-0.1, -0.05) is 12.1 Å². The van der Waals surface area contributed by atoms with E-state index in [-0.39, 0.29) is 11.1 Å². The second-order valence-corrected chi connectivity index (χ2v) is 6.90. The molecule has 128 valence electrons. The number of hydrogen-bond acceptors (Lipinski definition) is 7. The molecule has 3 rings (SSSR count). The van der Waals surface area contributed by atoms with E-state index in [1.165, 1.54) is 11.3 Å². The quantitative estimate of drug-likeness (QED) is 0.475. The number of amides is 1. The Bertz CT molecular complexity index is 860. The zero-order valence-electron chi connectivity index (χ0n) is 13.2. The van der Waals surface area contributed by atoms with Crippen molar-refractivity contribution in [2.75, 3.05) is 6.61 Å². The van der Waals surface area contributed by atoms with Crippen LogP contribution in [0.15, 0.2) is 40.6 Å². The van der Waals surface area contributed by atoms with E-state index in [1.807, 2.05) is 6.92 Å². The number of ether oxygens (including phenoxy) is 2. The van der Waals surface area contributed by atoms with Gasteiger partial charge in [0.25, 0.3) is 5.91 Å². The summed E-state index contributed by atoms with van der Waals surface area (Å²) in [5.74, 6) is -0.0127. The Hall–Kier alpha value is -2.58. The van der Waals surface area contributed by atoms with Gasteiger partial charge in [-0.05, 0) is 53.9 Å². The highest BCUT2D eigenvalue weighted by Gasteiger charge is 2.22. The molecule has 0 unspecified atom stereocenters. The van der Waals surface area contributed by atoms with Crippen LogP contribution in [0, 0.1) is 5.41 Å². The lowest BCUT2D eigenvalue weighted by molar-refractivity contribution is -0.115. The molecule has 1 aromatic carbocycles. The van der Waals surface area contributed by atoms with Gasteiger partial charge in [0.05, 0.1) is 11.5 Å². The molecule has 1 saturated heterocycles. The molecule has 1 aromatic heterocycles. The van der Waals surface area contributed by atoms with Crippen molar-refractivity contribution in [3.63, 3.8) is 0 Å². The summed E-state index contributed by atoms with van der Waals surface area (Å²) < 4.78 is 11.0. The number of benzene rings is 1. The third-order valence-corrected chi connectivity index (χ3v) is 4.83. The van der Waals surface area contributed by atoms with Crippen LogP contribution < -0.4 is 14.8 Å². The SMILES string of the molecule is CCOc1cc(/C=C2\SC(=N)NC2=O)ccc1OC(=O)c1cccs1. The van der Waals surface area contributed by atoms with Gasteiger partial charge in [0.1, 0.15) is 4.88 Å². The number of carbonyl (C=O) groups excluding carboxylic acids is 2. The van der Waals surface area contributed by atoms with Gasteiger partial charge < -0.3 is 14.8 Å². The number of hydrogen-bond donors (Lipinski definition) is 2. The first kappa shape index (κ1) is 17.2. The van der Waals surface area contributed by atoms with Gasteiger partial charge in [-0.3, -0.25) is 10.2 Å². The minimum atomic E-state index is -0.443. The van der Waals surface area contributed by atoms with E-state index in [0.717, 1.165) is 11.8 Å². The lowest BCUT2D eigenvalue weighted by Gasteiger charge is -2.11. The van der Waals surface area contributed by atoms with Gasteiger partial charge in [-0.2, -0.15) is 0 Å². The van der Waals surface area contributed by atoms with Crippen molar-refractivity contribution in [1.82, 2.24) is 5.32 Å². The summed E-state index contributed by atoms with van der Waals surface area (Å²) in [5, 5.41) is 11.8. The Labute approximate surface area is 152 Å². The van der Waals surface area contributed by atoms with Gasteiger partial charge in [-0.15, -0.1) is 11.3 Å². The number of thioether (sulfide) groups is 1. The summed E-state index contributed by atoms with van der Waals surface area (Å²) >= 11 is 2.36. The summed E-state index contributed by atoms with van der Waals surface area (Å²) in [7, 11) is 0. The maximum Gasteiger partial charge on any atom is 0.353 e. The molecule has 1 fully saturated rings. The molecule has 1 aliphatic heterocycles. The van der Waals surface area contributed by atoms with Crippen LogP contribution >= 0.6 is 23.1 Å². The van der Waals surface area contributed by atoms with Gasteiger partial charge in [0, 0.05) is 0 Å². The summed E-state index contributed by atoms with van der Waals surface area (Å²) in [6.45, 7) is 2.24. The van der Waals surface area contributed by atoms with Crippen LogP contribution in [0.2, 0.25) is 0 Å². The van der Waals surface area contributed by atoms with E-state index in [9.17, 15) is 9.59 Å². The van der Waals surface area contributed by atoms with Crippen LogP contribution in [0.4, 0.5) is 0 Å². The maximum atomic E-state index is 12.1. The highest BCUT2D eigenvalue weighted by Crippen LogP contribution is 2.32. The van der Waals surface area contributed by atoms with Crippen LogP contribution in [-0.2, 0) is 4.79 Å². The number of esters is 1. The molecule has 8 heteroatoms. The van der Waals surface area contributed by atoms with E-state index in [0.29, 0.717) is 33.5 Å². The maximum absolute atomic E-state index is 12.1. The second-order valence-electron chi connectivity index (χ2n) is 4.90. The number of nitrogens with one attached hydrogen (secondary N) is 2. The Kier molecular flexibility index (Phi) is 5.20. The molecule has 2 heterocycles. The summed E-state index contributed by atoms with van der Waals surface area (Å²) in [6, 6.07) is 8.52. The molecule has 0 aliphatic carbocycles. The molecule has 0 bridgehead atoms. The van der Waals surface area contributed by atoms with Crippen molar-refractivity contribution in [1.29, 1.82) is 5.41 Å². The van der Waals surface area contributed by atoms with Crippen LogP contribution in [0.1, 0.15) is 22.2 Å². The van der Waals surface area contributed by atoms with E-state index in [1.54, 1.807) is 41.8 Å². The molecule has 0 saturated carbocycles. The topological polar surface area (TPSA) is 88.5 Å². The average molecular weight is 374 g/mol. The van der Waals surface area contributed by atoms with Crippen molar-refractivity contribution in [3.05, 3.63) is 51.1 Å². The molecule has 0 spiro atoms. The van der Waals surface area contributed by atoms with Crippen LogP contribution in [0.3, 0.4) is 0 Å². The van der Waals surface area contributed by atoms with Gasteiger partial charge in [0.15, 0.2) is 16.7 Å². The zero-order chi connectivity index (χ0) is 17.8. The Morgan fingerprint density at radius 1 is 1.32 bits per heavy atom. The van der Waals surface area contributed by atoms with Crippen molar-refractivity contribution in [2.24, 2.45) is 0 Å². The predicted molar refractivity (Wildman–Crippen MR) is 98.3 cm³/mol. The summed E-state index contributed by atoms with van der Waals surface area (Å²) in [6.07, 6.45) is 1.66. The minimum absolute atomic E-state index is 0.0998. The highest BCUT2D eigenvalue weighted by molar-refractivity contribution is 8.18. The second kappa shape index (κ2) is 7.54. The Morgan fingerprint density at radius 2 is 2.16 bits per heavy atom. The standard InChI is InChI=1S/C17H14N2O4S2/c1-2-22-12-8-10(9-14-15(20)19-17(18)25-14)5-6-11(12)23-16(21)13-4-3-7-24-13/h3-9H,2H2,1H3,(H2,18,19,20)/b14-9-. The van der Waals surface area contributed by atoms with Gasteiger partial charge in [-0.25, -0.2) is 4.79 Å². The third kappa shape index (κ3) is 4.09.